The Kier molecular flexibility index (Phi) is 5.95. The van der Waals surface area contributed by atoms with Crippen molar-refractivity contribution in [2.75, 3.05) is 6.61 Å². The third-order valence-electron chi connectivity index (χ3n) is 10.9. The number of aliphatic hydroxyl groups excluding tert-OH is 2. The van der Waals surface area contributed by atoms with Gasteiger partial charge >= 0.3 is 0 Å². The molecule has 10 atom stereocenters. The lowest BCUT2D eigenvalue weighted by atomic mass is 9.41. The van der Waals surface area contributed by atoms with E-state index < -0.39 is 0 Å². The molecule has 0 saturated heterocycles. The van der Waals surface area contributed by atoms with Gasteiger partial charge in [0.15, 0.2) is 0 Å². The molecule has 0 aromatic heterocycles. The van der Waals surface area contributed by atoms with Crippen LogP contribution < -0.4 is 0 Å². The average molecular weight is 391 g/mol. The van der Waals surface area contributed by atoms with E-state index in [2.05, 4.69) is 27.7 Å². The summed E-state index contributed by atoms with van der Waals surface area (Å²) in [6.07, 6.45) is 14.2. The van der Waals surface area contributed by atoms with Gasteiger partial charge in [-0.15, -0.1) is 0 Å². The molecule has 0 amide bonds. The molecule has 2 nitrogen and oxygen atoms in total. The predicted molar refractivity (Wildman–Crippen MR) is 116 cm³/mol. The Hall–Kier alpha value is -0.0800. The topological polar surface area (TPSA) is 40.5 Å². The van der Waals surface area contributed by atoms with E-state index in [0.29, 0.717) is 35.2 Å². The first kappa shape index (κ1) is 21.2. The zero-order chi connectivity index (χ0) is 20.1. The second-order valence-corrected chi connectivity index (χ2v) is 11.8. The summed E-state index contributed by atoms with van der Waals surface area (Å²) in [5.74, 6) is 4.79. The second kappa shape index (κ2) is 7.88. The minimum atomic E-state index is -0.0673. The van der Waals surface area contributed by atoms with Crippen molar-refractivity contribution in [3.05, 3.63) is 0 Å². The predicted octanol–water partition coefficient (Wildman–Crippen LogP) is 6.05. The highest BCUT2D eigenvalue weighted by Crippen LogP contribution is 2.69. The highest BCUT2D eigenvalue weighted by Gasteiger charge is 2.64. The van der Waals surface area contributed by atoms with Gasteiger partial charge < -0.3 is 10.2 Å². The van der Waals surface area contributed by atoms with Gasteiger partial charge in [-0.05, 0) is 104 Å². The standard InChI is InChI=1S/C26H46O2/c1-5-18-20-10-6-7-14-25(20,3)22-13-15-26(4)19(17(2)9-8-16-27)11-12-21(26)23(22)24(18)28/h17-24,27-28H,5-16H2,1-4H3/t17-,18+,19-,20+,21+,22+,23+,24-,25+,26-/m1/s1. The molecule has 4 fully saturated rings. The van der Waals surface area contributed by atoms with Crippen molar-refractivity contribution in [1.82, 2.24) is 0 Å². The van der Waals surface area contributed by atoms with Gasteiger partial charge in [-0.2, -0.15) is 0 Å². The molecule has 4 aliphatic carbocycles. The molecule has 0 heterocycles. The maximum absolute atomic E-state index is 11.7. The second-order valence-electron chi connectivity index (χ2n) is 11.8. The Morgan fingerprint density at radius 3 is 2.39 bits per heavy atom. The highest BCUT2D eigenvalue weighted by molar-refractivity contribution is 5.13. The summed E-state index contributed by atoms with van der Waals surface area (Å²) in [6, 6.07) is 0. The lowest BCUT2D eigenvalue weighted by Crippen LogP contribution is -2.61. The van der Waals surface area contributed by atoms with Crippen LogP contribution in [-0.2, 0) is 0 Å². The Morgan fingerprint density at radius 1 is 0.929 bits per heavy atom. The van der Waals surface area contributed by atoms with Crippen molar-refractivity contribution < 1.29 is 10.2 Å². The van der Waals surface area contributed by atoms with Gasteiger partial charge in [0, 0.05) is 6.61 Å². The molecule has 0 radical (unpaired) electrons. The smallest absolute Gasteiger partial charge is 0.0605 e. The molecule has 0 aromatic carbocycles. The van der Waals surface area contributed by atoms with Crippen LogP contribution in [0.5, 0.6) is 0 Å². The van der Waals surface area contributed by atoms with Crippen LogP contribution in [0.2, 0.25) is 0 Å². The summed E-state index contributed by atoms with van der Waals surface area (Å²) < 4.78 is 0. The highest BCUT2D eigenvalue weighted by atomic mass is 16.3. The summed E-state index contributed by atoms with van der Waals surface area (Å²) in [5.41, 5.74) is 0.887. The van der Waals surface area contributed by atoms with Crippen LogP contribution >= 0.6 is 0 Å². The molecule has 4 aliphatic rings. The van der Waals surface area contributed by atoms with Crippen molar-refractivity contribution in [1.29, 1.82) is 0 Å². The van der Waals surface area contributed by atoms with Gasteiger partial charge in [0.1, 0.15) is 0 Å². The molecule has 0 aromatic rings. The number of fused-ring (bicyclic) bond motifs is 5. The van der Waals surface area contributed by atoms with E-state index >= 15 is 0 Å². The number of hydrogen-bond donors (Lipinski definition) is 2. The van der Waals surface area contributed by atoms with Crippen LogP contribution in [0, 0.1) is 52.3 Å². The Morgan fingerprint density at radius 2 is 1.68 bits per heavy atom. The van der Waals surface area contributed by atoms with Crippen molar-refractivity contribution in [2.45, 2.75) is 104 Å². The summed E-state index contributed by atoms with van der Waals surface area (Å²) in [6.45, 7) is 10.3. The van der Waals surface area contributed by atoms with Crippen LogP contribution in [0.25, 0.3) is 0 Å². The van der Waals surface area contributed by atoms with Gasteiger partial charge in [0.05, 0.1) is 6.10 Å². The molecule has 0 spiro atoms. The Labute approximate surface area is 173 Å². The first-order valence-corrected chi connectivity index (χ1v) is 12.7. The summed E-state index contributed by atoms with van der Waals surface area (Å²) in [5, 5.41) is 21.0. The number of hydrogen-bond acceptors (Lipinski definition) is 2. The van der Waals surface area contributed by atoms with Gasteiger partial charge in [-0.3, -0.25) is 0 Å². The first-order valence-electron chi connectivity index (χ1n) is 12.7. The molecule has 0 unspecified atom stereocenters. The van der Waals surface area contributed by atoms with E-state index in [1.54, 1.807) is 0 Å². The molecule has 2 heteroatoms. The van der Waals surface area contributed by atoms with E-state index in [-0.39, 0.29) is 6.10 Å². The molecule has 2 N–H and O–H groups in total. The molecular weight excluding hydrogens is 344 g/mol. The van der Waals surface area contributed by atoms with E-state index in [0.717, 1.165) is 42.9 Å². The maximum atomic E-state index is 11.7. The van der Waals surface area contributed by atoms with Crippen LogP contribution in [0.1, 0.15) is 98.3 Å². The largest absolute Gasteiger partial charge is 0.396 e. The SMILES string of the molecule is CC[C@@H]1[C@@H](O)[C@@H]2[C@H](CC[C@]3(C)[C@@H]([C@H](C)CCCO)CC[C@@H]23)[C@@]2(C)CCCC[C@@H]12. The number of aliphatic hydroxyl groups is 2. The summed E-state index contributed by atoms with van der Waals surface area (Å²) in [7, 11) is 0. The van der Waals surface area contributed by atoms with Crippen LogP contribution in [0.15, 0.2) is 0 Å². The maximum Gasteiger partial charge on any atom is 0.0605 e. The lowest BCUT2D eigenvalue weighted by Gasteiger charge is -2.64. The van der Waals surface area contributed by atoms with Crippen molar-refractivity contribution in [3.8, 4) is 0 Å². The molecular formula is C26H46O2. The average Bonchev–Trinajstić information content (AvgIpc) is 3.04. The quantitative estimate of drug-likeness (QED) is 0.600. The van der Waals surface area contributed by atoms with Crippen LogP contribution in [-0.4, -0.2) is 22.9 Å². The van der Waals surface area contributed by atoms with Gasteiger partial charge in [-0.1, -0.05) is 47.0 Å². The third kappa shape index (κ3) is 3.03. The summed E-state index contributed by atoms with van der Waals surface area (Å²) in [4.78, 5) is 0. The fraction of sp³-hybridized carbons (Fsp3) is 1.00. The van der Waals surface area contributed by atoms with Crippen molar-refractivity contribution in [2.24, 2.45) is 52.3 Å². The van der Waals surface area contributed by atoms with Crippen molar-refractivity contribution >= 4 is 0 Å². The third-order valence-corrected chi connectivity index (χ3v) is 10.9. The molecule has 0 aliphatic heterocycles. The zero-order valence-electron chi connectivity index (χ0n) is 19.0. The minimum Gasteiger partial charge on any atom is -0.396 e. The van der Waals surface area contributed by atoms with Crippen LogP contribution in [0.3, 0.4) is 0 Å². The molecule has 4 saturated carbocycles. The lowest BCUT2D eigenvalue weighted by molar-refractivity contribution is -0.194. The molecule has 0 bridgehead atoms. The molecule has 28 heavy (non-hydrogen) atoms. The fourth-order valence-electron chi connectivity index (χ4n) is 9.63. The molecule has 4 rings (SSSR count). The van der Waals surface area contributed by atoms with E-state index in [1.165, 1.54) is 51.4 Å². The van der Waals surface area contributed by atoms with Gasteiger partial charge in [-0.25, -0.2) is 0 Å². The van der Waals surface area contributed by atoms with Crippen molar-refractivity contribution in [3.63, 3.8) is 0 Å². The fourth-order valence-corrected chi connectivity index (χ4v) is 9.63. The first-order chi connectivity index (χ1) is 13.4. The van der Waals surface area contributed by atoms with E-state index in [9.17, 15) is 10.2 Å². The van der Waals surface area contributed by atoms with Gasteiger partial charge in [0.2, 0.25) is 0 Å². The minimum absolute atomic E-state index is 0.0673. The van der Waals surface area contributed by atoms with E-state index in [4.69, 9.17) is 0 Å². The number of rotatable bonds is 5. The monoisotopic (exact) mass is 390 g/mol. The zero-order valence-corrected chi connectivity index (χ0v) is 19.0. The normalized spacial score (nSPS) is 51.9. The molecule has 162 valence electrons. The van der Waals surface area contributed by atoms with Crippen LogP contribution in [0.4, 0.5) is 0 Å². The summed E-state index contributed by atoms with van der Waals surface area (Å²) >= 11 is 0. The van der Waals surface area contributed by atoms with E-state index in [1.807, 2.05) is 0 Å². The Balaban J connectivity index is 1.63. The Bertz CT molecular complexity index is 547. The van der Waals surface area contributed by atoms with Gasteiger partial charge in [0.25, 0.3) is 0 Å².